The van der Waals surface area contributed by atoms with Crippen molar-refractivity contribution in [2.75, 3.05) is 23.3 Å². The van der Waals surface area contributed by atoms with Gasteiger partial charge in [0.05, 0.1) is 22.0 Å². The molecule has 0 aliphatic carbocycles. The summed E-state index contributed by atoms with van der Waals surface area (Å²) in [4.78, 5) is 26.6. The van der Waals surface area contributed by atoms with Crippen LogP contribution in [-0.2, 0) is 0 Å². The molecule has 26 heavy (non-hydrogen) atoms. The molecule has 1 heterocycles. The molecule has 1 fully saturated rings. The second kappa shape index (κ2) is 8.19. The van der Waals surface area contributed by atoms with Crippen molar-refractivity contribution in [3.8, 4) is 0 Å². The summed E-state index contributed by atoms with van der Waals surface area (Å²) in [6.07, 6.45) is 3.40. The van der Waals surface area contributed by atoms with Crippen LogP contribution in [0.1, 0.15) is 29.6 Å². The standard InChI is InChI=1S/C19H19ClFN3O2/c20-13-7-6-8-14(21)17(13)18(25)23-19(26)22-15-9-2-3-10-16(15)24-11-4-1-5-12-24/h2-3,6-10H,1,4-5,11-12H2,(H2,22,23,25,26). The summed E-state index contributed by atoms with van der Waals surface area (Å²) in [6.45, 7) is 1.84. The summed E-state index contributed by atoms with van der Waals surface area (Å²) < 4.78 is 13.8. The molecule has 0 atom stereocenters. The number of imide groups is 1. The molecule has 0 bridgehead atoms. The number of halogens is 2. The Hall–Kier alpha value is -2.60. The van der Waals surface area contributed by atoms with Crippen molar-refractivity contribution in [2.24, 2.45) is 0 Å². The van der Waals surface area contributed by atoms with Crippen LogP contribution < -0.4 is 15.5 Å². The molecular formula is C19H19ClFN3O2. The zero-order chi connectivity index (χ0) is 18.5. The van der Waals surface area contributed by atoms with Crippen molar-refractivity contribution in [2.45, 2.75) is 19.3 Å². The number of carbonyl (C=O) groups is 2. The maximum absolute atomic E-state index is 13.8. The maximum atomic E-state index is 13.8. The first-order chi connectivity index (χ1) is 12.6. The Kier molecular flexibility index (Phi) is 5.73. The zero-order valence-electron chi connectivity index (χ0n) is 14.1. The van der Waals surface area contributed by atoms with E-state index in [2.05, 4.69) is 15.5 Å². The lowest BCUT2D eigenvalue weighted by molar-refractivity contribution is 0.0963. The summed E-state index contributed by atoms with van der Waals surface area (Å²) in [5, 5.41) is 4.74. The second-order valence-corrected chi connectivity index (χ2v) is 6.48. The fraction of sp³-hybridized carbons (Fsp3) is 0.263. The van der Waals surface area contributed by atoms with E-state index in [0.717, 1.165) is 37.7 Å². The first-order valence-corrected chi connectivity index (χ1v) is 8.84. The van der Waals surface area contributed by atoms with Crippen LogP contribution in [0, 0.1) is 5.82 Å². The number of urea groups is 1. The average molecular weight is 376 g/mol. The molecule has 136 valence electrons. The number of hydrogen-bond donors (Lipinski definition) is 2. The Balaban J connectivity index is 1.71. The third-order valence-corrected chi connectivity index (χ3v) is 4.58. The molecule has 7 heteroatoms. The predicted octanol–water partition coefficient (Wildman–Crippen LogP) is 4.43. The number of nitrogens with one attached hydrogen (secondary N) is 2. The smallest absolute Gasteiger partial charge is 0.326 e. The molecule has 0 aromatic heterocycles. The van der Waals surface area contributed by atoms with E-state index in [1.807, 2.05) is 12.1 Å². The number of carbonyl (C=O) groups excluding carboxylic acids is 2. The molecule has 2 aromatic rings. The summed E-state index contributed by atoms with van der Waals surface area (Å²) in [5.74, 6) is -1.67. The van der Waals surface area contributed by atoms with E-state index in [0.29, 0.717) is 5.69 Å². The zero-order valence-corrected chi connectivity index (χ0v) is 14.9. The number of amides is 3. The third-order valence-electron chi connectivity index (χ3n) is 4.27. The van der Waals surface area contributed by atoms with E-state index in [1.54, 1.807) is 12.1 Å². The predicted molar refractivity (Wildman–Crippen MR) is 100 cm³/mol. The van der Waals surface area contributed by atoms with Gasteiger partial charge < -0.3 is 10.2 Å². The van der Waals surface area contributed by atoms with E-state index in [4.69, 9.17) is 11.6 Å². The molecule has 0 saturated carbocycles. The Bertz CT molecular complexity index is 802. The fourth-order valence-corrected chi connectivity index (χ4v) is 3.27. The van der Waals surface area contributed by atoms with Gasteiger partial charge in [0.15, 0.2) is 0 Å². The lowest BCUT2D eigenvalue weighted by Crippen LogP contribution is -2.36. The van der Waals surface area contributed by atoms with Gasteiger partial charge in [-0.2, -0.15) is 0 Å². The molecule has 1 saturated heterocycles. The highest BCUT2D eigenvalue weighted by Crippen LogP contribution is 2.28. The van der Waals surface area contributed by atoms with Crippen molar-refractivity contribution in [3.63, 3.8) is 0 Å². The molecular weight excluding hydrogens is 357 g/mol. The quantitative estimate of drug-likeness (QED) is 0.834. The van der Waals surface area contributed by atoms with Gasteiger partial charge in [-0.1, -0.05) is 29.8 Å². The Labute approximate surface area is 156 Å². The summed E-state index contributed by atoms with van der Waals surface area (Å²) in [6, 6.07) is 10.6. The van der Waals surface area contributed by atoms with Crippen molar-refractivity contribution < 1.29 is 14.0 Å². The first-order valence-electron chi connectivity index (χ1n) is 8.46. The Morgan fingerprint density at radius 2 is 1.73 bits per heavy atom. The van der Waals surface area contributed by atoms with E-state index in [9.17, 15) is 14.0 Å². The van der Waals surface area contributed by atoms with Gasteiger partial charge in [-0.05, 0) is 43.5 Å². The molecule has 2 N–H and O–H groups in total. The highest BCUT2D eigenvalue weighted by Gasteiger charge is 2.20. The van der Waals surface area contributed by atoms with Gasteiger partial charge in [0.1, 0.15) is 5.82 Å². The molecule has 0 radical (unpaired) electrons. The highest BCUT2D eigenvalue weighted by atomic mass is 35.5. The van der Waals surface area contributed by atoms with Crippen LogP contribution in [0.2, 0.25) is 5.02 Å². The van der Waals surface area contributed by atoms with E-state index < -0.39 is 17.8 Å². The minimum absolute atomic E-state index is 0.0518. The Morgan fingerprint density at radius 3 is 2.46 bits per heavy atom. The SMILES string of the molecule is O=C(NC(=O)c1c(F)cccc1Cl)Nc1ccccc1N1CCCCC1. The van der Waals surface area contributed by atoms with E-state index >= 15 is 0 Å². The van der Waals surface area contributed by atoms with Crippen LogP contribution >= 0.6 is 11.6 Å². The Morgan fingerprint density at radius 1 is 1.00 bits per heavy atom. The highest BCUT2D eigenvalue weighted by molar-refractivity contribution is 6.34. The monoisotopic (exact) mass is 375 g/mol. The van der Waals surface area contributed by atoms with Gasteiger partial charge >= 0.3 is 6.03 Å². The van der Waals surface area contributed by atoms with Gasteiger partial charge in [0, 0.05) is 13.1 Å². The third kappa shape index (κ3) is 4.14. The molecule has 0 spiro atoms. The minimum Gasteiger partial charge on any atom is -0.370 e. The van der Waals surface area contributed by atoms with E-state index in [1.165, 1.54) is 18.6 Å². The minimum atomic E-state index is -0.888. The van der Waals surface area contributed by atoms with Gasteiger partial charge in [-0.3, -0.25) is 10.1 Å². The molecule has 2 aromatic carbocycles. The fourth-order valence-electron chi connectivity index (χ4n) is 3.02. The van der Waals surface area contributed by atoms with Gasteiger partial charge in [-0.15, -0.1) is 0 Å². The molecule has 1 aliphatic rings. The topological polar surface area (TPSA) is 61.4 Å². The van der Waals surface area contributed by atoms with Crippen LogP contribution in [0.5, 0.6) is 0 Å². The molecule has 3 amide bonds. The maximum Gasteiger partial charge on any atom is 0.326 e. The van der Waals surface area contributed by atoms with Crippen molar-refractivity contribution in [1.29, 1.82) is 0 Å². The lowest BCUT2D eigenvalue weighted by Gasteiger charge is -2.30. The summed E-state index contributed by atoms with van der Waals surface area (Å²) in [5.41, 5.74) is 1.15. The normalized spacial score (nSPS) is 14.0. The van der Waals surface area contributed by atoms with Crippen LogP contribution in [0.15, 0.2) is 42.5 Å². The van der Waals surface area contributed by atoms with Gasteiger partial charge in [0.2, 0.25) is 0 Å². The number of anilines is 2. The van der Waals surface area contributed by atoms with E-state index in [-0.39, 0.29) is 10.6 Å². The number of benzene rings is 2. The summed E-state index contributed by atoms with van der Waals surface area (Å²) in [7, 11) is 0. The molecule has 1 aliphatic heterocycles. The number of hydrogen-bond acceptors (Lipinski definition) is 3. The largest absolute Gasteiger partial charge is 0.370 e. The van der Waals surface area contributed by atoms with Crippen LogP contribution in [-0.4, -0.2) is 25.0 Å². The summed E-state index contributed by atoms with van der Waals surface area (Å²) >= 11 is 5.86. The van der Waals surface area contributed by atoms with Crippen LogP contribution in [0.4, 0.5) is 20.6 Å². The first kappa shape index (κ1) is 18.2. The molecule has 3 rings (SSSR count). The second-order valence-electron chi connectivity index (χ2n) is 6.07. The number of piperidine rings is 1. The number of rotatable bonds is 3. The number of nitrogens with zero attached hydrogens (tertiary/aromatic N) is 1. The van der Waals surface area contributed by atoms with Crippen molar-refractivity contribution >= 4 is 34.9 Å². The van der Waals surface area contributed by atoms with Crippen molar-refractivity contribution in [1.82, 2.24) is 5.32 Å². The van der Waals surface area contributed by atoms with Crippen LogP contribution in [0.25, 0.3) is 0 Å². The van der Waals surface area contributed by atoms with Gasteiger partial charge in [0.25, 0.3) is 5.91 Å². The molecule has 0 unspecified atom stereocenters. The van der Waals surface area contributed by atoms with Gasteiger partial charge in [-0.25, -0.2) is 9.18 Å². The van der Waals surface area contributed by atoms with Crippen molar-refractivity contribution in [3.05, 3.63) is 58.9 Å². The molecule has 5 nitrogen and oxygen atoms in total. The number of para-hydroxylation sites is 2. The lowest BCUT2D eigenvalue weighted by atomic mass is 10.1. The average Bonchev–Trinajstić information content (AvgIpc) is 2.62. The van der Waals surface area contributed by atoms with Crippen LogP contribution in [0.3, 0.4) is 0 Å².